The van der Waals surface area contributed by atoms with Gasteiger partial charge in [-0.15, -0.1) is 0 Å². The average Bonchev–Trinajstić information content (AvgIpc) is 2.76. The highest BCUT2D eigenvalue weighted by atomic mass is 127. The Kier molecular flexibility index (Phi) is 6.71. The molecule has 0 amide bonds. The summed E-state index contributed by atoms with van der Waals surface area (Å²) < 4.78 is 6.73. The van der Waals surface area contributed by atoms with Crippen LogP contribution >= 0.6 is 22.6 Å². The average molecular weight is 508 g/mol. The quantitative estimate of drug-likeness (QED) is 0.624. The summed E-state index contributed by atoms with van der Waals surface area (Å²) in [5, 5.41) is 3.25. The SMILES string of the molecule is COc1cc(Nc2ncc(I)cn2)ccc1N1CCC(N2CCN(C)CC2)CC1. The van der Waals surface area contributed by atoms with Crippen molar-refractivity contribution in [3.8, 4) is 5.75 Å². The molecule has 0 bridgehead atoms. The number of methoxy groups -OCH3 is 1. The van der Waals surface area contributed by atoms with Crippen LogP contribution in [0.25, 0.3) is 0 Å². The second-order valence-corrected chi connectivity index (χ2v) is 9.04. The fourth-order valence-corrected chi connectivity index (χ4v) is 4.46. The van der Waals surface area contributed by atoms with Crippen LogP contribution < -0.4 is 15.0 Å². The zero-order valence-corrected chi connectivity index (χ0v) is 19.3. The molecule has 3 heterocycles. The number of nitrogens with zero attached hydrogens (tertiary/aromatic N) is 5. The molecule has 2 saturated heterocycles. The Morgan fingerprint density at radius 2 is 1.72 bits per heavy atom. The van der Waals surface area contributed by atoms with Gasteiger partial charge >= 0.3 is 0 Å². The number of rotatable bonds is 5. The molecule has 29 heavy (non-hydrogen) atoms. The summed E-state index contributed by atoms with van der Waals surface area (Å²) in [6.45, 7) is 6.91. The van der Waals surface area contributed by atoms with Gasteiger partial charge in [-0.3, -0.25) is 4.90 Å². The van der Waals surface area contributed by atoms with Gasteiger partial charge in [0, 0.05) is 73.0 Å². The number of nitrogens with one attached hydrogen (secondary N) is 1. The number of benzene rings is 1. The van der Waals surface area contributed by atoms with Crippen molar-refractivity contribution in [2.45, 2.75) is 18.9 Å². The highest BCUT2D eigenvalue weighted by molar-refractivity contribution is 14.1. The van der Waals surface area contributed by atoms with Gasteiger partial charge < -0.3 is 19.9 Å². The van der Waals surface area contributed by atoms with Crippen molar-refractivity contribution < 1.29 is 4.74 Å². The molecule has 4 rings (SSSR count). The van der Waals surface area contributed by atoms with E-state index in [2.05, 4.69) is 71.8 Å². The molecule has 156 valence electrons. The van der Waals surface area contributed by atoms with E-state index in [0.717, 1.165) is 28.1 Å². The maximum Gasteiger partial charge on any atom is 0.227 e. The maximum atomic E-state index is 5.71. The molecule has 8 heteroatoms. The fourth-order valence-electron chi connectivity index (χ4n) is 4.18. The molecule has 2 aromatic rings. The first-order valence-electron chi connectivity index (χ1n) is 10.2. The van der Waals surface area contributed by atoms with Crippen molar-refractivity contribution in [2.75, 3.05) is 63.6 Å². The third kappa shape index (κ3) is 5.10. The molecular weight excluding hydrogens is 479 g/mol. The van der Waals surface area contributed by atoms with Gasteiger partial charge in [0.2, 0.25) is 5.95 Å². The second kappa shape index (κ2) is 9.44. The van der Waals surface area contributed by atoms with Crippen LogP contribution in [-0.4, -0.2) is 79.2 Å². The van der Waals surface area contributed by atoms with E-state index in [0.29, 0.717) is 12.0 Å². The normalized spacial score (nSPS) is 19.3. The summed E-state index contributed by atoms with van der Waals surface area (Å²) in [4.78, 5) is 16.2. The monoisotopic (exact) mass is 508 g/mol. The molecule has 2 fully saturated rings. The molecule has 0 spiro atoms. The molecular formula is C21H29IN6O. The number of hydrogen-bond acceptors (Lipinski definition) is 7. The number of piperazine rings is 1. The minimum absolute atomic E-state index is 0.591. The minimum atomic E-state index is 0.591. The van der Waals surface area contributed by atoms with E-state index >= 15 is 0 Å². The van der Waals surface area contributed by atoms with Gasteiger partial charge in [-0.1, -0.05) is 0 Å². The first kappa shape index (κ1) is 20.6. The van der Waals surface area contributed by atoms with E-state index in [1.54, 1.807) is 19.5 Å². The summed E-state index contributed by atoms with van der Waals surface area (Å²) in [6.07, 6.45) is 6.02. The Morgan fingerprint density at radius 3 is 2.38 bits per heavy atom. The Morgan fingerprint density at radius 1 is 1.03 bits per heavy atom. The lowest BCUT2D eigenvalue weighted by Gasteiger charge is -2.42. The first-order valence-corrected chi connectivity index (χ1v) is 11.3. The van der Waals surface area contributed by atoms with Crippen LogP contribution in [0.5, 0.6) is 5.75 Å². The molecule has 0 atom stereocenters. The van der Waals surface area contributed by atoms with Gasteiger partial charge in [0.25, 0.3) is 0 Å². The number of aromatic nitrogens is 2. The van der Waals surface area contributed by atoms with Crippen LogP contribution in [0.2, 0.25) is 0 Å². The number of ether oxygens (including phenoxy) is 1. The van der Waals surface area contributed by atoms with Crippen LogP contribution in [0.1, 0.15) is 12.8 Å². The Balaban J connectivity index is 1.39. The summed E-state index contributed by atoms with van der Waals surface area (Å²) in [6, 6.07) is 6.96. The van der Waals surface area contributed by atoms with E-state index in [-0.39, 0.29) is 0 Å². The van der Waals surface area contributed by atoms with Crippen molar-refractivity contribution in [3.63, 3.8) is 0 Å². The van der Waals surface area contributed by atoms with Crippen LogP contribution in [0.4, 0.5) is 17.3 Å². The van der Waals surface area contributed by atoms with Crippen molar-refractivity contribution in [1.82, 2.24) is 19.8 Å². The molecule has 0 saturated carbocycles. The van der Waals surface area contributed by atoms with Crippen LogP contribution in [0.15, 0.2) is 30.6 Å². The van der Waals surface area contributed by atoms with Gasteiger partial charge in [-0.2, -0.15) is 0 Å². The smallest absolute Gasteiger partial charge is 0.227 e. The predicted octanol–water partition coefficient (Wildman–Crippen LogP) is 3.05. The largest absolute Gasteiger partial charge is 0.495 e. The number of anilines is 3. The van der Waals surface area contributed by atoms with E-state index < -0.39 is 0 Å². The van der Waals surface area contributed by atoms with E-state index in [9.17, 15) is 0 Å². The zero-order chi connectivity index (χ0) is 20.2. The number of halogens is 1. The molecule has 0 unspecified atom stereocenters. The topological polar surface area (TPSA) is 56.8 Å². The Bertz CT molecular complexity index is 801. The van der Waals surface area contributed by atoms with Crippen molar-refractivity contribution in [1.29, 1.82) is 0 Å². The summed E-state index contributed by atoms with van der Waals surface area (Å²) in [5.74, 6) is 1.48. The highest BCUT2D eigenvalue weighted by Crippen LogP contribution is 2.34. The van der Waals surface area contributed by atoms with Gasteiger partial charge in [-0.25, -0.2) is 9.97 Å². The second-order valence-electron chi connectivity index (χ2n) is 7.79. The Labute approximate surface area is 186 Å². The third-order valence-corrected chi connectivity index (χ3v) is 6.47. The molecule has 2 aliphatic rings. The zero-order valence-electron chi connectivity index (χ0n) is 17.1. The van der Waals surface area contributed by atoms with Gasteiger partial charge in [0.05, 0.1) is 12.8 Å². The molecule has 7 nitrogen and oxygen atoms in total. The number of likely N-dealkylation sites (N-methyl/N-ethyl adjacent to an activating group) is 1. The van der Waals surface area contributed by atoms with E-state index in [4.69, 9.17) is 4.74 Å². The van der Waals surface area contributed by atoms with Crippen LogP contribution in [0.3, 0.4) is 0 Å². The van der Waals surface area contributed by atoms with Crippen LogP contribution in [0, 0.1) is 3.57 Å². The third-order valence-electron chi connectivity index (χ3n) is 5.92. The van der Waals surface area contributed by atoms with E-state index in [1.807, 2.05) is 6.07 Å². The standard InChI is InChI=1S/C21H29IN6O/c1-26-9-11-27(12-10-26)18-5-7-28(8-6-18)19-4-3-17(13-20(19)29-2)25-21-23-14-16(22)15-24-21/h3-4,13-15,18H,5-12H2,1-2H3,(H,23,24,25). The van der Waals surface area contributed by atoms with Gasteiger partial charge in [-0.05, 0) is 54.6 Å². The van der Waals surface area contributed by atoms with Gasteiger partial charge in [0.15, 0.2) is 0 Å². The summed E-state index contributed by atoms with van der Waals surface area (Å²) in [5.41, 5.74) is 2.09. The number of piperidine rings is 1. The van der Waals surface area contributed by atoms with Crippen LogP contribution in [-0.2, 0) is 0 Å². The van der Waals surface area contributed by atoms with Crippen molar-refractivity contribution in [3.05, 3.63) is 34.2 Å². The molecule has 0 radical (unpaired) electrons. The Hall–Kier alpha value is -1.65. The van der Waals surface area contributed by atoms with Crippen molar-refractivity contribution in [2.24, 2.45) is 0 Å². The lowest BCUT2D eigenvalue weighted by atomic mass is 10.0. The van der Waals surface area contributed by atoms with E-state index in [1.165, 1.54) is 44.7 Å². The first-order chi connectivity index (χ1) is 14.1. The fraction of sp³-hybridized carbons (Fsp3) is 0.524. The van der Waals surface area contributed by atoms with Gasteiger partial charge in [0.1, 0.15) is 5.75 Å². The molecule has 2 aliphatic heterocycles. The van der Waals surface area contributed by atoms with Crippen molar-refractivity contribution >= 4 is 39.9 Å². The summed E-state index contributed by atoms with van der Waals surface area (Å²) >= 11 is 2.20. The number of hydrogen-bond donors (Lipinski definition) is 1. The summed E-state index contributed by atoms with van der Waals surface area (Å²) in [7, 11) is 3.95. The molecule has 1 aromatic carbocycles. The minimum Gasteiger partial charge on any atom is -0.495 e. The molecule has 0 aliphatic carbocycles. The lowest BCUT2D eigenvalue weighted by Crippen LogP contribution is -2.52. The predicted molar refractivity (Wildman–Crippen MR) is 125 cm³/mol. The molecule has 1 aromatic heterocycles. The highest BCUT2D eigenvalue weighted by Gasteiger charge is 2.27. The maximum absolute atomic E-state index is 5.71. The lowest BCUT2D eigenvalue weighted by molar-refractivity contribution is 0.0981. The molecule has 1 N–H and O–H groups in total.